The molecule has 0 aliphatic rings. The zero-order valence-electron chi connectivity index (χ0n) is 8.88. The quantitative estimate of drug-likeness (QED) is 0.571. The lowest BCUT2D eigenvalue weighted by Crippen LogP contribution is -1.88. The van der Waals surface area contributed by atoms with Gasteiger partial charge in [0, 0.05) is 0 Å². The molecule has 0 radical (unpaired) electrons. The zero-order chi connectivity index (χ0) is 10.6. The summed E-state index contributed by atoms with van der Waals surface area (Å²) in [5.74, 6) is 0.575. The predicted molar refractivity (Wildman–Crippen MR) is 57.7 cm³/mol. The van der Waals surface area contributed by atoms with E-state index in [9.17, 15) is 10.2 Å². The van der Waals surface area contributed by atoms with Crippen LogP contribution < -0.4 is 0 Å². The third-order valence-electron chi connectivity index (χ3n) is 2.45. The normalized spacial score (nSPS) is 10.4. The SMILES string of the molecule is CCCCCc1cc(O)c(C)cc1O. The van der Waals surface area contributed by atoms with Gasteiger partial charge in [0.2, 0.25) is 0 Å². The molecule has 0 fully saturated rings. The van der Waals surface area contributed by atoms with Crippen LogP contribution in [0.1, 0.15) is 37.3 Å². The van der Waals surface area contributed by atoms with Crippen molar-refractivity contribution in [1.29, 1.82) is 0 Å². The number of phenolic OH excluding ortho intramolecular Hbond substituents is 2. The molecule has 1 aromatic carbocycles. The molecule has 0 unspecified atom stereocenters. The van der Waals surface area contributed by atoms with Crippen molar-refractivity contribution in [2.75, 3.05) is 0 Å². The van der Waals surface area contributed by atoms with Gasteiger partial charge in [-0.2, -0.15) is 0 Å². The van der Waals surface area contributed by atoms with Crippen LogP contribution in [0.2, 0.25) is 0 Å². The molecule has 0 heterocycles. The molecule has 78 valence electrons. The van der Waals surface area contributed by atoms with Crippen molar-refractivity contribution < 1.29 is 10.2 Å². The maximum absolute atomic E-state index is 9.60. The van der Waals surface area contributed by atoms with E-state index in [2.05, 4.69) is 6.92 Å². The Kier molecular flexibility index (Phi) is 3.81. The van der Waals surface area contributed by atoms with Crippen LogP contribution in [0.25, 0.3) is 0 Å². The summed E-state index contributed by atoms with van der Waals surface area (Å²) in [5.41, 5.74) is 1.57. The van der Waals surface area contributed by atoms with Gasteiger partial charge in [0.15, 0.2) is 0 Å². The summed E-state index contributed by atoms with van der Waals surface area (Å²) < 4.78 is 0. The van der Waals surface area contributed by atoms with Gasteiger partial charge < -0.3 is 10.2 Å². The molecular formula is C12H18O2. The molecule has 1 aromatic rings. The van der Waals surface area contributed by atoms with E-state index in [1.807, 2.05) is 0 Å². The predicted octanol–water partition coefficient (Wildman–Crippen LogP) is 3.14. The summed E-state index contributed by atoms with van der Waals surface area (Å²) in [6, 6.07) is 3.29. The van der Waals surface area contributed by atoms with Gasteiger partial charge in [-0.05, 0) is 43.0 Å². The van der Waals surface area contributed by atoms with Gasteiger partial charge >= 0.3 is 0 Å². The Bertz CT molecular complexity index is 305. The van der Waals surface area contributed by atoms with Gasteiger partial charge in [0.25, 0.3) is 0 Å². The average Bonchev–Trinajstić information content (AvgIpc) is 2.14. The molecule has 2 N–H and O–H groups in total. The Morgan fingerprint density at radius 2 is 1.79 bits per heavy atom. The van der Waals surface area contributed by atoms with E-state index < -0.39 is 0 Å². The second-order valence-electron chi connectivity index (χ2n) is 3.72. The molecule has 0 aromatic heterocycles. The Labute approximate surface area is 85.2 Å². The van der Waals surface area contributed by atoms with Crippen molar-refractivity contribution in [2.24, 2.45) is 0 Å². The molecule has 0 spiro atoms. The fraction of sp³-hybridized carbons (Fsp3) is 0.500. The highest BCUT2D eigenvalue weighted by Crippen LogP contribution is 2.27. The van der Waals surface area contributed by atoms with Gasteiger partial charge in [-0.1, -0.05) is 19.8 Å². The van der Waals surface area contributed by atoms with E-state index in [1.54, 1.807) is 19.1 Å². The largest absolute Gasteiger partial charge is 0.508 e. The molecule has 0 amide bonds. The van der Waals surface area contributed by atoms with Crippen LogP contribution in [-0.4, -0.2) is 10.2 Å². The monoisotopic (exact) mass is 194 g/mol. The molecule has 2 heteroatoms. The average molecular weight is 194 g/mol. The lowest BCUT2D eigenvalue weighted by molar-refractivity contribution is 0.449. The summed E-state index contributed by atoms with van der Waals surface area (Å²) in [6.45, 7) is 3.93. The molecule has 0 saturated carbocycles. The van der Waals surface area contributed by atoms with E-state index in [4.69, 9.17) is 0 Å². The Morgan fingerprint density at radius 1 is 1.07 bits per heavy atom. The summed E-state index contributed by atoms with van der Waals surface area (Å²) in [4.78, 5) is 0. The maximum atomic E-state index is 9.60. The minimum atomic E-state index is 0.272. The van der Waals surface area contributed by atoms with Crippen LogP contribution in [0.4, 0.5) is 0 Å². The topological polar surface area (TPSA) is 40.5 Å². The second-order valence-corrected chi connectivity index (χ2v) is 3.72. The number of unbranched alkanes of at least 4 members (excludes halogenated alkanes) is 2. The zero-order valence-corrected chi connectivity index (χ0v) is 8.88. The summed E-state index contributed by atoms with van der Waals surface area (Å²) >= 11 is 0. The Morgan fingerprint density at radius 3 is 2.43 bits per heavy atom. The van der Waals surface area contributed by atoms with Crippen molar-refractivity contribution in [3.05, 3.63) is 23.3 Å². The number of aromatic hydroxyl groups is 2. The first-order chi connectivity index (χ1) is 6.65. The lowest BCUT2D eigenvalue weighted by atomic mass is 10.0. The second kappa shape index (κ2) is 4.89. The first kappa shape index (κ1) is 10.9. The van der Waals surface area contributed by atoms with Crippen LogP contribution in [0.5, 0.6) is 11.5 Å². The van der Waals surface area contributed by atoms with E-state index in [1.165, 1.54) is 6.42 Å². The molecule has 0 aliphatic heterocycles. The minimum absolute atomic E-state index is 0.272. The van der Waals surface area contributed by atoms with Crippen molar-refractivity contribution in [2.45, 2.75) is 39.5 Å². The van der Waals surface area contributed by atoms with Gasteiger partial charge in [-0.25, -0.2) is 0 Å². The Hall–Kier alpha value is -1.18. The lowest BCUT2D eigenvalue weighted by Gasteiger charge is -2.06. The maximum Gasteiger partial charge on any atom is 0.119 e. The van der Waals surface area contributed by atoms with Gasteiger partial charge in [-0.3, -0.25) is 0 Å². The molecule has 0 atom stereocenters. The molecule has 0 bridgehead atoms. The molecule has 2 nitrogen and oxygen atoms in total. The highest BCUT2D eigenvalue weighted by Gasteiger charge is 2.05. The van der Waals surface area contributed by atoms with Gasteiger partial charge in [0.1, 0.15) is 11.5 Å². The minimum Gasteiger partial charge on any atom is -0.508 e. The Balaban J connectivity index is 2.72. The molecular weight excluding hydrogens is 176 g/mol. The van der Waals surface area contributed by atoms with Crippen molar-refractivity contribution in [1.82, 2.24) is 0 Å². The number of hydrogen-bond donors (Lipinski definition) is 2. The molecule has 14 heavy (non-hydrogen) atoms. The number of phenols is 2. The number of hydrogen-bond acceptors (Lipinski definition) is 2. The third kappa shape index (κ3) is 2.66. The highest BCUT2D eigenvalue weighted by atomic mass is 16.3. The fourth-order valence-corrected chi connectivity index (χ4v) is 1.49. The van der Waals surface area contributed by atoms with E-state index in [0.717, 1.165) is 30.4 Å². The summed E-state index contributed by atoms with van der Waals surface area (Å²) in [5, 5.41) is 19.1. The number of rotatable bonds is 4. The van der Waals surface area contributed by atoms with Gasteiger partial charge in [0.05, 0.1) is 0 Å². The first-order valence-electron chi connectivity index (χ1n) is 5.16. The molecule has 0 aliphatic carbocycles. The van der Waals surface area contributed by atoms with E-state index in [-0.39, 0.29) is 5.75 Å². The number of aryl methyl sites for hydroxylation is 2. The smallest absolute Gasteiger partial charge is 0.119 e. The van der Waals surface area contributed by atoms with Crippen LogP contribution in [0.15, 0.2) is 12.1 Å². The van der Waals surface area contributed by atoms with Crippen LogP contribution in [0, 0.1) is 6.92 Å². The van der Waals surface area contributed by atoms with E-state index in [0.29, 0.717) is 5.75 Å². The summed E-state index contributed by atoms with van der Waals surface area (Å²) in [6.07, 6.45) is 4.23. The van der Waals surface area contributed by atoms with Gasteiger partial charge in [-0.15, -0.1) is 0 Å². The fourth-order valence-electron chi connectivity index (χ4n) is 1.49. The molecule has 1 rings (SSSR count). The van der Waals surface area contributed by atoms with E-state index >= 15 is 0 Å². The van der Waals surface area contributed by atoms with Crippen molar-refractivity contribution >= 4 is 0 Å². The first-order valence-corrected chi connectivity index (χ1v) is 5.16. The third-order valence-corrected chi connectivity index (χ3v) is 2.45. The highest BCUT2D eigenvalue weighted by molar-refractivity contribution is 5.44. The summed E-state index contributed by atoms with van der Waals surface area (Å²) in [7, 11) is 0. The standard InChI is InChI=1S/C12H18O2/c1-3-4-5-6-10-8-11(13)9(2)7-12(10)14/h7-8,13-14H,3-6H2,1-2H3. The molecule has 0 saturated heterocycles. The van der Waals surface area contributed by atoms with Crippen molar-refractivity contribution in [3.63, 3.8) is 0 Å². The van der Waals surface area contributed by atoms with Crippen LogP contribution in [0.3, 0.4) is 0 Å². The number of benzene rings is 1. The van der Waals surface area contributed by atoms with Crippen LogP contribution in [-0.2, 0) is 6.42 Å². The van der Waals surface area contributed by atoms with Crippen LogP contribution >= 0.6 is 0 Å². The van der Waals surface area contributed by atoms with Crippen molar-refractivity contribution in [3.8, 4) is 11.5 Å².